The number of hydrogen-bond donors (Lipinski definition) is 1. The van der Waals surface area contributed by atoms with E-state index in [4.69, 9.17) is 5.14 Å². The van der Waals surface area contributed by atoms with Crippen LogP contribution in [0.15, 0.2) is 29.2 Å². The molecule has 0 radical (unpaired) electrons. The fraction of sp³-hybridized carbons (Fsp3) is 0.500. The van der Waals surface area contributed by atoms with E-state index < -0.39 is 19.9 Å². The van der Waals surface area contributed by atoms with E-state index >= 15 is 0 Å². The third kappa shape index (κ3) is 4.27. The molecule has 1 aromatic carbocycles. The van der Waals surface area contributed by atoms with E-state index in [2.05, 4.69) is 4.90 Å². The Hall–Kier alpha value is -0.960. The van der Waals surface area contributed by atoms with Crippen LogP contribution in [0.3, 0.4) is 0 Å². The molecular formula is C12H18N2O4S2. The molecule has 1 heterocycles. The van der Waals surface area contributed by atoms with Crippen LogP contribution in [0, 0.1) is 0 Å². The number of rotatable bonds is 4. The summed E-state index contributed by atoms with van der Waals surface area (Å²) in [4.78, 5) is 2.21. The SMILES string of the molecule is NS(=O)(=O)c1ccc(CCN2CCS(=O)(=O)CC2)cc1. The molecular weight excluding hydrogens is 300 g/mol. The predicted octanol–water partition coefficient (Wildman–Crippen LogP) is -0.393. The number of primary sulfonamides is 1. The number of nitrogens with zero attached hydrogens (tertiary/aromatic N) is 1. The lowest BCUT2D eigenvalue weighted by Crippen LogP contribution is -2.41. The van der Waals surface area contributed by atoms with Crippen molar-refractivity contribution in [1.82, 2.24) is 4.90 Å². The average Bonchev–Trinajstić information content (AvgIpc) is 2.37. The third-order valence-corrected chi connectivity index (χ3v) is 5.94. The molecule has 0 unspecified atom stereocenters. The highest BCUT2D eigenvalue weighted by atomic mass is 32.2. The molecule has 1 saturated heterocycles. The summed E-state index contributed by atoms with van der Waals surface area (Å²) in [5.74, 6) is 0.439. The first-order chi connectivity index (χ1) is 9.26. The zero-order valence-electron chi connectivity index (χ0n) is 11.0. The van der Waals surface area contributed by atoms with Crippen LogP contribution in [0.5, 0.6) is 0 Å². The largest absolute Gasteiger partial charge is 0.301 e. The second-order valence-corrected chi connectivity index (χ2v) is 8.80. The van der Waals surface area contributed by atoms with E-state index in [1.165, 1.54) is 12.1 Å². The van der Waals surface area contributed by atoms with Crippen molar-refractivity contribution in [1.29, 1.82) is 0 Å². The molecule has 2 rings (SSSR count). The van der Waals surface area contributed by atoms with Crippen molar-refractivity contribution < 1.29 is 16.8 Å². The Labute approximate surface area is 119 Å². The molecule has 0 aliphatic carbocycles. The molecule has 20 heavy (non-hydrogen) atoms. The lowest BCUT2D eigenvalue weighted by Gasteiger charge is -2.26. The van der Waals surface area contributed by atoms with Gasteiger partial charge in [-0.1, -0.05) is 12.1 Å². The summed E-state index contributed by atoms with van der Waals surface area (Å²) in [6.45, 7) is 1.90. The molecule has 1 aliphatic heterocycles. The fourth-order valence-corrected chi connectivity index (χ4v) is 3.90. The highest BCUT2D eigenvalue weighted by Gasteiger charge is 2.20. The van der Waals surface area contributed by atoms with Crippen molar-refractivity contribution in [3.63, 3.8) is 0 Å². The molecule has 0 spiro atoms. The summed E-state index contributed by atoms with van der Waals surface area (Å²) in [5.41, 5.74) is 1.01. The molecule has 0 saturated carbocycles. The van der Waals surface area contributed by atoms with Crippen LogP contribution in [0.1, 0.15) is 5.56 Å². The normalized spacial score (nSPS) is 19.9. The van der Waals surface area contributed by atoms with Gasteiger partial charge >= 0.3 is 0 Å². The highest BCUT2D eigenvalue weighted by molar-refractivity contribution is 7.91. The predicted molar refractivity (Wildman–Crippen MR) is 76.6 cm³/mol. The topological polar surface area (TPSA) is 97.5 Å². The van der Waals surface area contributed by atoms with Gasteiger partial charge in [0.15, 0.2) is 9.84 Å². The molecule has 6 nitrogen and oxygen atoms in total. The zero-order chi connectivity index (χ0) is 14.8. The quantitative estimate of drug-likeness (QED) is 0.815. The summed E-state index contributed by atoms with van der Waals surface area (Å²) in [6, 6.07) is 6.46. The third-order valence-electron chi connectivity index (χ3n) is 3.41. The highest BCUT2D eigenvalue weighted by Crippen LogP contribution is 2.11. The Morgan fingerprint density at radius 3 is 2.15 bits per heavy atom. The summed E-state index contributed by atoms with van der Waals surface area (Å²) in [5, 5.41) is 5.03. The lowest BCUT2D eigenvalue weighted by atomic mass is 10.1. The van der Waals surface area contributed by atoms with Crippen LogP contribution in [0.2, 0.25) is 0 Å². The van der Waals surface area contributed by atoms with Gasteiger partial charge in [-0.25, -0.2) is 22.0 Å². The fourth-order valence-electron chi connectivity index (χ4n) is 2.11. The standard InChI is InChI=1S/C12H18N2O4S2/c13-20(17,18)12-3-1-11(2-4-12)5-6-14-7-9-19(15,16)10-8-14/h1-4H,5-10H2,(H2,13,17,18). The van der Waals surface area contributed by atoms with Crippen molar-refractivity contribution in [3.05, 3.63) is 29.8 Å². The summed E-state index contributed by atoms with van der Waals surface area (Å²) in [7, 11) is -6.49. The van der Waals surface area contributed by atoms with Crippen molar-refractivity contribution in [3.8, 4) is 0 Å². The van der Waals surface area contributed by atoms with Gasteiger partial charge in [-0.2, -0.15) is 0 Å². The summed E-state index contributed by atoms with van der Waals surface area (Å²) < 4.78 is 44.9. The molecule has 112 valence electrons. The minimum absolute atomic E-state index is 0.102. The van der Waals surface area contributed by atoms with Gasteiger partial charge in [-0.05, 0) is 24.1 Å². The Morgan fingerprint density at radius 2 is 1.65 bits per heavy atom. The maximum atomic E-state index is 11.3. The van der Waals surface area contributed by atoms with Crippen LogP contribution >= 0.6 is 0 Å². The molecule has 1 aromatic rings. The van der Waals surface area contributed by atoms with Crippen LogP contribution in [0.25, 0.3) is 0 Å². The Kier molecular flexibility index (Phi) is 4.48. The number of hydrogen-bond acceptors (Lipinski definition) is 5. The first kappa shape index (κ1) is 15.4. The minimum atomic E-state index is -3.65. The Morgan fingerprint density at radius 1 is 1.10 bits per heavy atom. The average molecular weight is 318 g/mol. The monoisotopic (exact) mass is 318 g/mol. The number of sulfonamides is 1. The van der Waals surface area contributed by atoms with E-state index in [9.17, 15) is 16.8 Å². The maximum absolute atomic E-state index is 11.3. The molecule has 0 bridgehead atoms. The van der Waals surface area contributed by atoms with Crippen molar-refractivity contribution in [2.45, 2.75) is 11.3 Å². The molecule has 8 heteroatoms. The van der Waals surface area contributed by atoms with E-state index in [1.807, 2.05) is 0 Å². The lowest BCUT2D eigenvalue weighted by molar-refractivity contribution is 0.299. The van der Waals surface area contributed by atoms with Crippen LogP contribution in [-0.2, 0) is 26.3 Å². The van der Waals surface area contributed by atoms with Crippen LogP contribution in [0.4, 0.5) is 0 Å². The van der Waals surface area contributed by atoms with Gasteiger partial charge < -0.3 is 4.90 Å². The van der Waals surface area contributed by atoms with E-state index in [0.29, 0.717) is 13.1 Å². The van der Waals surface area contributed by atoms with Gasteiger partial charge in [0.1, 0.15) is 0 Å². The first-order valence-electron chi connectivity index (χ1n) is 6.31. The van der Waals surface area contributed by atoms with E-state index in [0.717, 1.165) is 18.5 Å². The van der Waals surface area contributed by atoms with Crippen LogP contribution < -0.4 is 5.14 Å². The molecule has 0 amide bonds. The summed E-state index contributed by atoms with van der Waals surface area (Å²) >= 11 is 0. The molecule has 1 aliphatic rings. The second kappa shape index (κ2) is 5.80. The molecule has 2 N–H and O–H groups in total. The van der Waals surface area contributed by atoms with Gasteiger partial charge in [0.2, 0.25) is 10.0 Å². The molecule has 0 atom stereocenters. The maximum Gasteiger partial charge on any atom is 0.238 e. The van der Waals surface area contributed by atoms with Gasteiger partial charge in [-0.15, -0.1) is 0 Å². The minimum Gasteiger partial charge on any atom is -0.301 e. The van der Waals surface area contributed by atoms with Crippen molar-refractivity contribution in [2.75, 3.05) is 31.1 Å². The van der Waals surface area contributed by atoms with Gasteiger partial charge in [0, 0.05) is 19.6 Å². The second-order valence-electron chi connectivity index (χ2n) is 4.93. The van der Waals surface area contributed by atoms with Gasteiger partial charge in [0.25, 0.3) is 0 Å². The van der Waals surface area contributed by atoms with Crippen LogP contribution in [-0.4, -0.2) is 52.9 Å². The van der Waals surface area contributed by atoms with E-state index in [-0.39, 0.29) is 16.4 Å². The van der Waals surface area contributed by atoms with Gasteiger partial charge in [-0.3, -0.25) is 0 Å². The Bertz CT molecular complexity index is 652. The molecule has 0 aromatic heterocycles. The van der Waals surface area contributed by atoms with E-state index in [1.54, 1.807) is 12.1 Å². The summed E-state index contributed by atoms with van der Waals surface area (Å²) in [6.07, 6.45) is 0.755. The van der Waals surface area contributed by atoms with Gasteiger partial charge in [0.05, 0.1) is 16.4 Å². The van der Waals surface area contributed by atoms with Crippen molar-refractivity contribution in [2.24, 2.45) is 5.14 Å². The number of benzene rings is 1. The smallest absolute Gasteiger partial charge is 0.238 e. The first-order valence-corrected chi connectivity index (χ1v) is 9.68. The number of sulfone groups is 1. The van der Waals surface area contributed by atoms with Crippen molar-refractivity contribution >= 4 is 19.9 Å². The zero-order valence-corrected chi connectivity index (χ0v) is 12.7. The molecule has 1 fully saturated rings. The number of nitrogens with two attached hydrogens (primary N) is 1. The Balaban J connectivity index is 1.89.